The van der Waals surface area contributed by atoms with Crippen molar-refractivity contribution in [3.05, 3.63) is 18.0 Å². The van der Waals surface area contributed by atoms with E-state index >= 15 is 0 Å². The molecule has 16 heavy (non-hydrogen) atoms. The molecule has 1 fully saturated rings. The van der Waals surface area contributed by atoms with Crippen molar-refractivity contribution in [2.75, 3.05) is 13.1 Å². The van der Waals surface area contributed by atoms with E-state index < -0.39 is 11.6 Å². The van der Waals surface area contributed by atoms with Crippen LogP contribution in [0.2, 0.25) is 0 Å². The minimum Gasteiger partial charge on any atom is -0.386 e. The van der Waals surface area contributed by atoms with Gasteiger partial charge in [-0.1, -0.05) is 0 Å². The second kappa shape index (κ2) is 3.57. The average molecular weight is 224 g/mol. The normalized spacial score (nSPS) is 20.4. The molecule has 1 amide bonds. The first-order chi connectivity index (χ1) is 7.39. The summed E-state index contributed by atoms with van der Waals surface area (Å²) in [5.41, 5.74) is 5.76. The topological polar surface area (TPSA) is 84.4 Å². The zero-order chi connectivity index (χ0) is 11.9. The number of β-amino-alcohol motifs (C(OH)–C–C–N with tert-alkyl or cyclic N) is 1. The summed E-state index contributed by atoms with van der Waals surface area (Å²) in [7, 11) is 1.77. The van der Waals surface area contributed by atoms with Gasteiger partial charge in [0.25, 0.3) is 0 Å². The van der Waals surface area contributed by atoms with Gasteiger partial charge in [-0.05, 0) is 6.92 Å². The molecule has 1 aromatic rings. The number of amides is 1. The molecule has 0 aliphatic carbocycles. The smallest absolute Gasteiger partial charge is 0.244 e. The van der Waals surface area contributed by atoms with Gasteiger partial charge in [0.05, 0.1) is 24.9 Å². The Hall–Kier alpha value is -1.40. The predicted molar refractivity (Wildman–Crippen MR) is 57.3 cm³/mol. The van der Waals surface area contributed by atoms with Crippen molar-refractivity contribution < 1.29 is 9.90 Å². The van der Waals surface area contributed by atoms with Gasteiger partial charge in [-0.3, -0.25) is 9.48 Å². The molecule has 0 radical (unpaired) electrons. The predicted octanol–water partition coefficient (Wildman–Crippen LogP) is -0.987. The van der Waals surface area contributed by atoms with Crippen LogP contribution in [0, 0.1) is 0 Å². The molecule has 6 heteroatoms. The Morgan fingerprint density at radius 1 is 1.69 bits per heavy atom. The van der Waals surface area contributed by atoms with Crippen molar-refractivity contribution in [3.63, 3.8) is 0 Å². The number of hydrogen-bond acceptors (Lipinski definition) is 4. The molecule has 1 aliphatic rings. The Kier molecular flexibility index (Phi) is 2.47. The molecule has 1 aromatic heterocycles. The van der Waals surface area contributed by atoms with E-state index in [1.165, 1.54) is 0 Å². The number of aryl methyl sites for hydroxylation is 1. The number of carbonyl (C=O) groups excluding carboxylic acids is 1. The first-order valence-corrected chi connectivity index (χ1v) is 5.14. The third-order valence-electron chi connectivity index (χ3n) is 2.72. The summed E-state index contributed by atoms with van der Waals surface area (Å²) >= 11 is 0. The maximum atomic E-state index is 11.9. The zero-order valence-corrected chi connectivity index (χ0v) is 9.42. The van der Waals surface area contributed by atoms with Crippen LogP contribution in [0.15, 0.2) is 12.4 Å². The van der Waals surface area contributed by atoms with Gasteiger partial charge in [0.15, 0.2) is 0 Å². The second-order valence-corrected chi connectivity index (χ2v) is 4.62. The van der Waals surface area contributed by atoms with E-state index in [-0.39, 0.29) is 5.91 Å². The third-order valence-corrected chi connectivity index (χ3v) is 2.72. The van der Waals surface area contributed by atoms with E-state index in [9.17, 15) is 9.90 Å². The highest BCUT2D eigenvalue weighted by Crippen LogP contribution is 2.23. The monoisotopic (exact) mass is 224 g/mol. The molecule has 0 bridgehead atoms. The summed E-state index contributed by atoms with van der Waals surface area (Å²) in [4.78, 5) is 13.4. The van der Waals surface area contributed by atoms with Crippen LogP contribution < -0.4 is 5.73 Å². The molecule has 1 aliphatic heterocycles. The number of carbonyl (C=O) groups is 1. The van der Waals surface area contributed by atoms with Gasteiger partial charge in [-0.15, -0.1) is 0 Å². The third kappa shape index (κ3) is 1.94. The maximum Gasteiger partial charge on any atom is 0.244 e. The molecule has 2 rings (SSSR count). The van der Waals surface area contributed by atoms with Gasteiger partial charge in [-0.2, -0.15) is 5.10 Å². The van der Waals surface area contributed by atoms with Crippen LogP contribution in [0.1, 0.15) is 18.5 Å². The number of aromatic nitrogens is 2. The van der Waals surface area contributed by atoms with Crippen LogP contribution in [0.4, 0.5) is 0 Å². The summed E-state index contributed by atoms with van der Waals surface area (Å²) < 4.78 is 1.61. The van der Waals surface area contributed by atoms with E-state index in [0.717, 1.165) is 0 Å². The Bertz CT molecular complexity index is 405. The van der Waals surface area contributed by atoms with Crippen molar-refractivity contribution in [1.29, 1.82) is 0 Å². The van der Waals surface area contributed by atoms with Gasteiger partial charge in [0, 0.05) is 18.8 Å². The van der Waals surface area contributed by atoms with Crippen LogP contribution in [-0.2, 0) is 11.8 Å². The quantitative estimate of drug-likeness (QED) is 0.675. The van der Waals surface area contributed by atoms with Crippen LogP contribution in [0.3, 0.4) is 0 Å². The van der Waals surface area contributed by atoms with Crippen LogP contribution in [-0.4, -0.2) is 44.4 Å². The summed E-state index contributed by atoms with van der Waals surface area (Å²) in [5, 5.41) is 13.5. The van der Waals surface area contributed by atoms with Gasteiger partial charge in [-0.25, -0.2) is 0 Å². The molecule has 1 unspecified atom stereocenters. The van der Waals surface area contributed by atoms with Crippen LogP contribution >= 0.6 is 0 Å². The van der Waals surface area contributed by atoms with Gasteiger partial charge in [0.1, 0.15) is 6.04 Å². The zero-order valence-electron chi connectivity index (χ0n) is 9.42. The summed E-state index contributed by atoms with van der Waals surface area (Å²) in [6, 6.07) is -0.690. The van der Waals surface area contributed by atoms with E-state index in [1.54, 1.807) is 35.9 Å². The number of rotatable bonds is 2. The van der Waals surface area contributed by atoms with E-state index in [0.29, 0.717) is 18.7 Å². The summed E-state index contributed by atoms with van der Waals surface area (Å²) in [6.45, 7) is 2.39. The molecule has 0 saturated carbocycles. The molecule has 0 aromatic carbocycles. The highest BCUT2D eigenvalue weighted by Gasteiger charge is 2.41. The molecular weight excluding hydrogens is 208 g/mol. The van der Waals surface area contributed by atoms with E-state index in [1.807, 2.05) is 0 Å². The molecule has 1 saturated heterocycles. The second-order valence-electron chi connectivity index (χ2n) is 4.62. The largest absolute Gasteiger partial charge is 0.386 e. The number of aliphatic hydroxyl groups is 1. The lowest BCUT2D eigenvalue weighted by Crippen LogP contribution is -2.63. The molecule has 6 nitrogen and oxygen atoms in total. The van der Waals surface area contributed by atoms with Crippen molar-refractivity contribution in [2.45, 2.75) is 18.6 Å². The fraction of sp³-hybridized carbons (Fsp3) is 0.600. The molecule has 3 N–H and O–H groups in total. The summed E-state index contributed by atoms with van der Waals surface area (Å²) in [6.07, 6.45) is 3.31. The lowest BCUT2D eigenvalue weighted by molar-refractivity contribution is -0.153. The van der Waals surface area contributed by atoms with E-state index in [2.05, 4.69) is 5.10 Å². The number of hydrogen-bond donors (Lipinski definition) is 2. The maximum absolute atomic E-state index is 11.9. The van der Waals surface area contributed by atoms with Crippen molar-refractivity contribution >= 4 is 5.91 Å². The number of likely N-dealkylation sites (tertiary alicyclic amines) is 1. The van der Waals surface area contributed by atoms with Crippen LogP contribution in [0.5, 0.6) is 0 Å². The average Bonchev–Trinajstić information content (AvgIpc) is 2.58. The number of nitrogens with two attached hydrogens (primary N) is 1. The molecule has 0 spiro atoms. The van der Waals surface area contributed by atoms with Crippen LogP contribution in [0.25, 0.3) is 0 Å². The van der Waals surface area contributed by atoms with Gasteiger partial charge < -0.3 is 15.7 Å². The fourth-order valence-corrected chi connectivity index (χ4v) is 1.87. The lowest BCUT2D eigenvalue weighted by atomic mass is 9.95. The van der Waals surface area contributed by atoms with E-state index in [4.69, 9.17) is 5.73 Å². The first-order valence-electron chi connectivity index (χ1n) is 5.14. The van der Waals surface area contributed by atoms with Crippen molar-refractivity contribution in [3.8, 4) is 0 Å². The Morgan fingerprint density at radius 3 is 2.75 bits per heavy atom. The van der Waals surface area contributed by atoms with Crippen molar-refractivity contribution in [2.24, 2.45) is 12.8 Å². The summed E-state index contributed by atoms with van der Waals surface area (Å²) in [5.74, 6) is -0.167. The fourth-order valence-electron chi connectivity index (χ4n) is 1.87. The standard InChI is InChI=1S/C10H16N4O2/c1-10(16)5-14(6-10)9(15)8(11)7-3-12-13(2)4-7/h3-4,8,16H,5-6,11H2,1-2H3. The number of nitrogens with zero attached hydrogens (tertiary/aromatic N) is 3. The Labute approximate surface area is 93.6 Å². The highest BCUT2D eigenvalue weighted by atomic mass is 16.3. The first kappa shape index (κ1) is 11.1. The van der Waals surface area contributed by atoms with Crippen molar-refractivity contribution in [1.82, 2.24) is 14.7 Å². The molecule has 2 heterocycles. The minimum absolute atomic E-state index is 0.167. The minimum atomic E-state index is -0.760. The Morgan fingerprint density at radius 2 is 2.31 bits per heavy atom. The SMILES string of the molecule is Cn1cc(C(N)C(=O)N2CC(C)(O)C2)cn1. The molecule has 88 valence electrons. The van der Waals surface area contributed by atoms with Gasteiger partial charge >= 0.3 is 0 Å². The highest BCUT2D eigenvalue weighted by molar-refractivity contribution is 5.83. The van der Waals surface area contributed by atoms with Gasteiger partial charge in [0.2, 0.25) is 5.91 Å². The lowest BCUT2D eigenvalue weighted by Gasteiger charge is -2.45. The Balaban J connectivity index is 2.01. The molecular formula is C10H16N4O2. The molecule has 1 atom stereocenters.